The second kappa shape index (κ2) is 10.6. The zero-order valence-electron chi connectivity index (χ0n) is 20.5. The summed E-state index contributed by atoms with van der Waals surface area (Å²) in [6, 6.07) is 29.4. The Morgan fingerprint density at radius 2 is 1.53 bits per heavy atom. The third-order valence-corrected chi connectivity index (χ3v) is 7.99. The van der Waals surface area contributed by atoms with E-state index in [1.54, 1.807) is 23.1 Å². The number of nitrogens with zero attached hydrogens (tertiary/aromatic N) is 1. The molecule has 0 aromatic heterocycles. The Bertz CT molecular complexity index is 1490. The van der Waals surface area contributed by atoms with Gasteiger partial charge in [-0.1, -0.05) is 72.8 Å². The summed E-state index contributed by atoms with van der Waals surface area (Å²) in [6.45, 7) is 0. The lowest BCUT2D eigenvalue weighted by Gasteiger charge is -2.48. The second-order valence-corrected chi connectivity index (χ2v) is 11.1. The lowest BCUT2D eigenvalue weighted by molar-refractivity contribution is -0.131. The standard InChI is InChI=1S/C30H28NO6P/c32-27(20-8-3-1-4-9-20)17-16-26-29(31(30(26)34)23-11-5-2-6-12-23)22-14-15-25(28(33)19-22)21-10-7-13-24(18-21)38(35,36)37/h1-15,18-19,26-27,29,32-33H,16-17H2,(H2,35,36,37)/t26-,27+,29-/m1/s1. The van der Waals surface area contributed by atoms with Crippen molar-refractivity contribution in [2.24, 2.45) is 5.92 Å². The second-order valence-electron chi connectivity index (χ2n) is 9.47. The van der Waals surface area contributed by atoms with Gasteiger partial charge in [-0.2, -0.15) is 0 Å². The number of aliphatic hydroxyl groups excluding tert-OH is 1. The van der Waals surface area contributed by atoms with Crippen molar-refractivity contribution in [3.05, 3.63) is 114 Å². The van der Waals surface area contributed by atoms with Crippen LogP contribution in [0.5, 0.6) is 5.75 Å². The van der Waals surface area contributed by atoms with Gasteiger partial charge in [0.1, 0.15) is 5.75 Å². The molecular formula is C30H28NO6P. The molecule has 8 heteroatoms. The zero-order chi connectivity index (χ0) is 26.9. The van der Waals surface area contributed by atoms with Crippen molar-refractivity contribution < 1.29 is 29.4 Å². The Morgan fingerprint density at radius 3 is 2.18 bits per heavy atom. The van der Waals surface area contributed by atoms with Crippen molar-refractivity contribution in [1.29, 1.82) is 0 Å². The van der Waals surface area contributed by atoms with Crippen LogP contribution < -0.4 is 10.2 Å². The third kappa shape index (κ3) is 5.15. The number of aliphatic hydroxyl groups is 1. The molecule has 1 saturated heterocycles. The van der Waals surface area contributed by atoms with Crippen LogP contribution in [0.3, 0.4) is 0 Å². The molecule has 4 N–H and O–H groups in total. The highest BCUT2D eigenvalue weighted by Crippen LogP contribution is 2.47. The SMILES string of the molecule is O=C1[C@H](CC[C@H](O)c2ccccc2)[C@@H](c2ccc(-c3cccc(P(=O)(O)O)c3)c(O)c2)N1c1ccccc1. The van der Waals surface area contributed by atoms with Gasteiger partial charge >= 0.3 is 7.60 Å². The molecule has 194 valence electrons. The number of β-lactam (4-membered cyclic amide) rings is 1. The molecule has 1 aliphatic rings. The van der Waals surface area contributed by atoms with Crippen molar-refractivity contribution >= 4 is 24.5 Å². The first-order valence-electron chi connectivity index (χ1n) is 12.3. The molecule has 0 spiro atoms. The van der Waals surface area contributed by atoms with E-state index in [0.29, 0.717) is 24.0 Å². The van der Waals surface area contributed by atoms with Crippen LogP contribution in [0, 0.1) is 5.92 Å². The van der Waals surface area contributed by atoms with Gasteiger partial charge in [-0.3, -0.25) is 9.36 Å². The van der Waals surface area contributed by atoms with E-state index in [-0.39, 0.29) is 28.9 Å². The maximum atomic E-state index is 13.3. The van der Waals surface area contributed by atoms with Crippen LogP contribution in [0.1, 0.15) is 36.1 Å². The number of hydrogen-bond donors (Lipinski definition) is 4. The lowest BCUT2D eigenvalue weighted by Crippen LogP contribution is -2.55. The van der Waals surface area contributed by atoms with Crippen LogP contribution in [-0.2, 0) is 9.36 Å². The molecule has 0 unspecified atom stereocenters. The van der Waals surface area contributed by atoms with Gasteiger partial charge in [0.2, 0.25) is 5.91 Å². The van der Waals surface area contributed by atoms with E-state index in [1.165, 1.54) is 18.2 Å². The monoisotopic (exact) mass is 529 g/mol. The molecule has 5 rings (SSSR count). The number of phenols is 1. The van der Waals surface area contributed by atoms with Gasteiger partial charge in [0.05, 0.1) is 23.4 Å². The van der Waals surface area contributed by atoms with E-state index >= 15 is 0 Å². The predicted molar refractivity (Wildman–Crippen MR) is 146 cm³/mol. The molecular weight excluding hydrogens is 501 g/mol. The zero-order valence-corrected chi connectivity index (χ0v) is 21.4. The Hall–Kier alpha value is -3.74. The molecule has 4 aromatic carbocycles. The van der Waals surface area contributed by atoms with Crippen molar-refractivity contribution in [1.82, 2.24) is 0 Å². The highest BCUT2D eigenvalue weighted by molar-refractivity contribution is 7.60. The van der Waals surface area contributed by atoms with Crippen LogP contribution in [0.2, 0.25) is 0 Å². The molecule has 1 aliphatic heterocycles. The molecule has 0 bridgehead atoms. The number of rotatable bonds is 8. The molecule has 3 atom stereocenters. The number of anilines is 1. The average molecular weight is 530 g/mol. The molecule has 38 heavy (non-hydrogen) atoms. The van der Waals surface area contributed by atoms with Gasteiger partial charge in [-0.05, 0) is 59.9 Å². The van der Waals surface area contributed by atoms with E-state index < -0.39 is 13.7 Å². The summed E-state index contributed by atoms with van der Waals surface area (Å²) in [6.07, 6.45) is 0.196. The summed E-state index contributed by atoms with van der Waals surface area (Å²) in [5, 5.41) is 21.5. The van der Waals surface area contributed by atoms with Crippen LogP contribution in [0.4, 0.5) is 5.69 Å². The number of carbonyl (C=O) groups excluding carboxylic acids is 1. The Balaban J connectivity index is 1.44. The summed E-state index contributed by atoms with van der Waals surface area (Å²) in [5.41, 5.74) is 3.19. The highest BCUT2D eigenvalue weighted by atomic mass is 31.2. The van der Waals surface area contributed by atoms with E-state index in [2.05, 4.69) is 0 Å². The minimum Gasteiger partial charge on any atom is -0.507 e. The predicted octanol–water partition coefficient (Wildman–Crippen LogP) is 5.08. The van der Waals surface area contributed by atoms with E-state index in [0.717, 1.165) is 16.8 Å². The molecule has 1 heterocycles. The van der Waals surface area contributed by atoms with Crippen LogP contribution >= 0.6 is 7.60 Å². The smallest absolute Gasteiger partial charge is 0.356 e. The highest BCUT2D eigenvalue weighted by Gasteiger charge is 2.48. The van der Waals surface area contributed by atoms with Crippen LogP contribution in [-0.4, -0.2) is 25.9 Å². The van der Waals surface area contributed by atoms with Gasteiger partial charge in [0.15, 0.2) is 0 Å². The third-order valence-electron chi connectivity index (χ3n) is 7.04. The first-order chi connectivity index (χ1) is 18.2. The van der Waals surface area contributed by atoms with Gasteiger partial charge in [0, 0.05) is 11.3 Å². The largest absolute Gasteiger partial charge is 0.507 e. The maximum absolute atomic E-state index is 13.3. The van der Waals surface area contributed by atoms with E-state index in [4.69, 9.17) is 0 Å². The lowest BCUT2D eigenvalue weighted by atomic mass is 9.78. The Labute approximate surface area is 220 Å². The van der Waals surface area contributed by atoms with Gasteiger partial charge in [-0.25, -0.2) is 0 Å². The average Bonchev–Trinajstić information content (AvgIpc) is 2.92. The first-order valence-corrected chi connectivity index (χ1v) is 14.0. The fourth-order valence-electron chi connectivity index (χ4n) is 5.10. The maximum Gasteiger partial charge on any atom is 0.356 e. The molecule has 4 aromatic rings. The molecule has 1 fully saturated rings. The summed E-state index contributed by atoms with van der Waals surface area (Å²) < 4.78 is 11.7. The van der Waals surface area contributed by atoms with Crippen molar-refractivity contribution in [3.8, 4) is 16.9 Å². The van der Waals surface area contributed by atoms with Crippen LogP contribution in [0.25, 0.3) is 11.1 Å². The molecule has 0 aliphatic carbocycles. The van der Waals surface area contributed by atoms with Gasteiger partial charge in [0.25, 0.3) is 0 Å². The van der Waals surface area contributed by atoms with Crippen molar-refractivity contribution in [2.75, 3.05) is 4.90 Å². The number of benzene rings is 4. The van der Waals surface area contributed by atoms with Gasteiger partial charge < -0.3 is 24.9 Å². The summed E-state index contributed by atoms with van der Waals surface area (Å²) in [4.78, 5) is 34.1. The van der Waals surface area contributed by atoms with Crippen LogP contribution in [0.15, 0.2) is 103 Å². The summed E-state index contributed by atoms with van der Waals surface area (Å²) in [7, 11) is -4.44. The number of para-hydroxylation sites is 1. The fraction of sp³-hybridized carbons (Fsp3) is 0.167. The Kier molecular flexibility index (Phi) is 7.19. The first kappa shape index (κ1) is 25.9. The number of carbonyl (C=O) groups is 1. The topological polar surface area (TPSA) is 118 Å². The fourth-order valence-corrected chi connectivity index (χ4v) is 5.69. The van der Waals surface area contributed by atoms with Gasteiger partial charge in [-0.15, -0.1) is 0 Å². The van der Waals surface area contributed by atoms with E-state index in [9.17, 15) is 29.4 Å². The minimum absolute atomic E-state index is 0.0422. The quantitative estimate of drug-likeness (QED) is 0.187. The molecule has 1 amide bonds. The molecule has 0 radical (unpaired) electrons. The number of aromatic hydroxyl groups is 1. The van der Waals surface area contributed by atoms with Crippen molar-refractivity contribution in [3.63, 3.8) is 0 Å². The molecule has 0 saturated carbocycles. The van der Waals surface area contributed by atoms with Crippen molar-refractivity contribution in [2.45, 2.75) is 25.0 Å². The number of phenolic OH excluding ortho intramolecular Hbond substituents is 1. The molecule has 7 nitrogen and oxygen atoms in total. The Morgan fingerprint density at radius 1 is 0.842 bits per heavy atom. The minimum atomic E-state index is -4.44. The number of amides is 1. The number of hydrogen-bond acceptors (Lipinski definition) is 4. The summed E-state index contributed by atoms with van der Waals surface area (Å²) in [5.74, 6) is -0.475. The normalized spacial score (nSPS) is 18.2. The summed E-state index contributed by atoms with van der Waals surface area (Å²) >= 11 is 0. The van der Waals surface area contributed by atoms with E-state index in [1.807, 2.05) is 66.7 Å².